The van der Waals surface area contributed by atoms with Gasteiger partial charge in [0.15, 0.2) is 0 Å². The fraction of sp³-hybridized carbons (Fsp3) is 0.500. The summed E-state index contributed by atoms with van der Waals surface area (Å²) in [6, 6.07) is 7.44. The van der Waals surface area contributed by atoms with E-state index in [1.165, 1.54) is 6.92 Å². The molecule has 1 aliphatic carbocycles. The maximum atomic E-state index is 12.3. The van der Waals surface area contributed by atoms with E-state index in [4.69, 9.17) is 4.74 Å². The predicted molar refractivity (Wildman–Crippen MR) is 82.5 cm³/mol. The van der Waals surface area contributed by atoms with Crippen LogP contribution in [0.15, 0.2) is 24.3 Å². The van der Waals surface area contributed by atoms with Gasteiger partial charge in [0.05, 0.1) is 0 Å². The van der Waals surface area contributed by atoms with Gasteiger partial charge < -0.3 is 10.1 Å². The summed E-state index contributed by atoms with van der Waals surface area (Å²) in [4.78, 5) is 25.1. The van der Waals surface area contributed by atoms with Crippen molar-refractivity contribution < 1.29 is 14.3 Å². The fourth-order valence-corrected chi connectivity index (χ4v) is 2.02. The van der Waals surface area contributed by atoms with E-state index in [-0.39, 0.29) is 18.0 Å². The second-order valence-corrected chi connectivity index (χ2v) is 6.31. The predicted octanol–water partition coefficient (Wildman–Crippen LogP) is 3.55. The topological polar surface area (TPSA) is 58.6 Å². The molecule has 0 bridgehead atoms. The smallest absolute Gasteiger partial charge is 0.415 e. The lowest BCUT2D eigenvalue weighted by Gasteiger charge is -2.27. The Morgan fingerprint density at radius 3 is 2.19 bits per heavy atom. The van der Waals surface area contributed by atoms with E-state index in [1.807, 2.05) is 32.9 Å². The van der Waals surface area contributed by atoms with Crippen molar-refractivity contribution in [3.63, 3.8) is 0 Å². The Morgan fingerprint density at radius 2 is 1.76 bits per heavy atom. The Balaban J connectivity index is 2.15. The number of hydrogen-bond donors (Lipinski definition) is 1. The van der Waals surface area contributed by atoms with Crippen LogP contribution in [0.2, 0.25) is 0 Å². The van der Waals surface area contributed by atoms with Crippen LogP contribution in [0.25, 0.3) is 0 Å². The molecule has 1 fully saturated rings. The van der Waals surface area contributed by atoms with E-state index in [1.54, 1.807) is 17.0 Å². The fourth-order valence-electron chi connectivity index (χ4n) is 2.02. The first-order valence-electron chi connectivity index (χ1n) is 7.16. The van der Waals surface area contributed by atoms with Crippen LogP contribution in [0, 0.1) is 0 Å². The molecule has 0 atom stereocenters. The van der Waals surface area contributed by atoms with Gasteiger partial charge in [-0.2, -0.15) is 0 Å². The molecule has 0 saturated heterocycles. The molecule has 0 unspecified atom stereocenters. The van der Waals surface area contributed by atoms with Crippen molar-refractivity contribution in [1.29, 1.82) is 0 Å². The van der Waals surface area contributed by atoms with Gasteiger partial charge in [-0.3, -0.25) is 9.69 Å². The van der Waals surface area contributed by atoms with E-state index in [0.29, 0.717) is 5.69 Å². The van der Waals surface area contributed by atoms with Crippen LogP contribution in [0.5, 0.6) is 0 Å². The zero-order chi connectivity index (χ0) is 15.6. The van der Waals surface area contributed by atoms with Crippen LogP contribution >= 0.6 is 0 Å². The molecule has 2 rings (SSSR count). The van der Waals surface area contributed by atoms with Crippen LogP contribution < -0.4 is 10.2 Å². The lowest BCUT2D eigenvalue weighted by Crippen LogP contribution is -2.38. The van der Waals surface area contributed by atoms with Crippen LogP contribution in [0.1, 0.15) is 40.5 Å². The average Bonchev–Trinajstić information content (AvgIpc) is 3.13. The normalized spacial score (nSPS) is 14.5. The monoisotopic (exact) mass is 290 g/mol. The number of benzene rings is 1. The van der Waals surface area contributed by atoms with Crippen LogP contribution in [0.3, 0.4) is 0 Å². The second kappa shape index (κ2) is 5.76. The van der Waals surface area contributed by atoms with Gasteiger partial charge in [-0.05, 0) is 57.9 Å². The SMILES string of the molecule is CC(=O)Nc1ccc(N(C(=O)OC(C)(C)C)C2CC2)cc1. The van der Waals surface area contributed by atoms with Crippen LogP contribution in [0.4, 0.5) is 16.2 Å². The van der Waals surface area contributed by atoms with E-state index in [2.05, 4.69) is 5.32 Å². The first-order chi connectivity index (χ1) is 9.76. The third-order valence-electron chi connectivity index (χ3n) is 2.97. The summed E-state index contributed by atoms with van der Waals surface area (Å²) in [6.07, 6.45) is 1.66. The highest BCUT2D eigenvalue weighted by molar-refractivity contribution is 5.91. The molecule has 0 aliphatic heterocycles. The molecule has 1 aromatic carbocycles. The zero-order valence-corrected chi connectivity index (χ0v) is 13.0. The highest BCUT2D eigenvalue weighted by Gasteiger charge is 2.36. The molecular weight excluding hydrogens is 268 g/mol. The summed E-state index contributed by atoms with van der Waals surface area (Å²) in [5.74, 6) is -0.117. The van der Waals surface area contributed by atoms with E-state index in [0.717, 1.165) is 18.5 Å². The number of carbonyl (C=O) groups is 2. The average molecular weight is 290 g/mol. The Bertz CT molecular complexity index is 527. The molecule has 5 heteroatoms. The number of rotatable bonds is 3. The summed E-state index contributed by atoms with van der Waals surface area (Å²) in [6.45, 7) is 7.03. The van der Waals surface area contributed by atoms with Gasteiger partial charge in [-0.25, -0.2) is 4.79 Å². The molecule has 1 saturated carbocycles. The van der Waals surface area contributed by atoms with Crippen molar-refractivity contribution in [1.82, 2.24) is 0 Å². The van der Waals surface area contributed by atoms with Gasteiger partial charge >= 0.3 is 6.09 Å². The molecule has 2 amide bonds. The van der Waals surface area contributed by atoms with Crippen molar-refractivity contribution >= 4 is 23.4 Å². The van der Waals surface area contributed by atoms with Crippen LogP contribution in [-0.4, -0.2) is 23.6 Å². The summed E-state index contributed by atoms with van der Waals surface area (Å²) < 4.78 is 5.47. The number of ether oxygens (including phenoxy) is 1. The van der Waals surface area contributed by atoms with Crippen molar-refractivity contribution in [2.75, 3.05) is 10.2 Å². The van der Waals surface area contributed by atoms with Crippen molar-refractivity contribution in [3.05, 3.63) is 24.3 Å². The first kappa shape index (κ1) is 15.4. The Hall–Kier alpha value is -2.04. The molecule has 1 N–H and O–H groups in total. The molecule has 114 valence electrons. The number of hydrogen-bond acceptors (Lipinski definition) is 3. The van der Waals surface area contributed by atoms with Gasteiger partial charge in [0.25, 0.3) is 0 Å². The van der Waals surface area contributed by atoms with E-state index >= 15 is 0 Å². The first-order valence-corrected chi connectivity index (χ1v) is 7.16. The third-order valence-corrected chi connectivity index (χ3v) is 2.97. The van der Waals surface area contributed by atoms with E-state index in [9.17, 15) is 9.59 Å². The van der Waals surface area contributed by atoms with Gasteiger partial charge in [-0.15, -0.1) is 0 Å². The summed E-state index contributed by atoms with van der Waals surface area (Å²) >= 11 is 0. The molecule has 0 heterocycles. The lowest BCUT2D eigenvalue weighted by atomic mass is 10.2. The molecule has 1 aromatic rings. The number of nitrogens with zero attached hydrogens (tertiary/aromatic N) is 1. The van der Waals surface area contributed by atoms with Crippen molar-refractivity contribution in [2.24, 2.45) is 0 Å². The lowest BCUT2D eigenvalue weighted by molar-refractivity contribution is -0.114. The van der Waals surface area contributed by atoms with Crippen molar-refractivity contribution in [3.8, 4) is 0 Å². The van der Waals surface area contributed by atoms with Crippen LogP contribution in [-0.2, 0) is 9.53 Å². The Morgan fingerprint density at radius 1 is 1.19 bits per heavy atom. The summed E-state index contributed by atoms with van der Waals surface area (Å²) in [5, 5.41) is 2.71. The third kappa shape index (κ3) is 4.48. The number of anilines is 2. The zero-order valence-electron chi connectivity index (χ0n) is 13.0. The van der Waals surface area contributed by atoms with Gasteiger partial charge in [-0.1, -0.05) is 0 Å². The number of amides is 2. The molecule has 5 nitrogen and oxygen atoms in total. The number of nitrogens with one attached hydrogen (secondary N) is 1. The maximum absolute atomic E-state index is 12.3. The number of carbonyl (C=O) groups excluding carboxylic acids is 2. The molecule has 0 spiro atoms. The van der Waals surface area contributed by atoms with Gasteiger partial charge in [0.2, 0.25) is 5.91 Å². The van der Waals surface area contributed by atoms with Gasteiger partial charge in [0.1, 0.15) is 5.60 Å². The minimum absolute atomic E-state index is 0.117. The quantitative estimate of drug-likeness (QED) is 0.926. The Labute approximate surface area is 125 Å². The highest BCUT2D eigenvalue weighted by Crippen LogP contribution is 2.33. The standard InChI is InChI=1S/C16H22N2O3/c1-11(19)17-12-5-7-13(8-6-12)18(14-9-10-14)15(20)21-16(2,3)4/h5-8,14H,9-10H2,1-4H3,(H,17,19). The minimum Gasteiger partial charge on any atom is -0.443 e. The maximum Gasteiger partial charge on any atom is 0.415 e. The van der Waals surface area contributed by atoms with E-state index < -0.39 is 5.60 Å². The molecule has 0 radical (unpaired) electrons. The highest BCUT2D eigenvalue weighted by atomic mass is 16.6. The Kier molecular flexibility index (Phi) is 4.21. The molecular formula is C16H22N2O3. The summed E-state index contributed by atoms with van der Waals surface area (Å²) in [5.41, 5.74) is 0.993. The largest absolute Gasteiger partial charge is 0.443 e. The van der Waals surface area contributed by atoms with Gasteiger partial charge in [0, 0.05) is 24.3 Å². The minimum atomic E-state index is -0.514. The molecule has 0 aromatic heterocycles. The van der Waals surface area contributed by atoms with Crippen molar-refractivity contribution in [2.45, 2.75) is 52.2 Å². The molecule has 21 heavy (non-hydrogen) atoms. The molecule has 1 aliphatic rings. The second-order valence-electron chi connectivity index (χ2n) is 6.31. The summed E-state index contributed by atoms with van der Waals surface area (Å²) in [7, 11) is 0.